The van der Waals surface area contributed by atoms with Crippen LogP contribution in [0.1, 0.15) is 11.1 Å². The number of hydrogen-bond acceptors (Lipinski definition) is 5. The van der Waals surface area contributed by atoms with Gasteiger partial charge in [-0.25, -0.2) is 0 Å². The van der Waals surface area contributed by atoms with Crippen LogP contribution in [0, 0.1) is 10.1 Å². The van der Waals surface area contributed by atoms with Gasteiger partial charge in [-0.15, -0.1) is 0 Å². The average molecular weight is 403 g/mol. The van der Waals surface area contributed by atoms with E-state index in [2.05, 4.69) is 0 Å². The van der Waals surface area contributed by atoms with Crippen LogP contribution < -0.4 is 4.74 Å². The summed E-state index contributed by atoms with van der Waals surface area (Å²) in [6.07, 6.45) is -0.0432. The van der Waals surface area contributed by atoms with Crippen molar-refractivity contribution in [3.05, 3.63) is 94.0 Å². The van der Waals surface area contributed by atoms with Crippen LogP contribution in [0.2, 0.25) is 0 Å². The summed E-state index contributed by atoms with van der Waals surface area (Å²) in [7, 11) is 0. The Labute approximate surface area is 171 Å². The molecule has 0 unspecified atom stereocenters. The molecule has 0 fully saturated rings. The van der Waals surface area contributed by atoms with Gasteiger partial charge in [0.25, 0.3) is 0 Å². The van der Waals surface area contributed by atoms with E-state index in [0.29, 0.717) is 33.4 Å². The highest BCUT2D eigenvalue weighted by Gasteiger charge is 2.25. The number of rotatable bonds is 7. The molecule has 0 saturated heterocycles. The number of nitro groups is 1. The van der Waals surface area contributed by atoms with Gasteiger partial charge in [-0.05, 0) is 41.0 Å². The molecule has 0 saturated carbocycles. The number of benzene rings is 3. The van der Waals surface area contributed by atoms with Crippen molar-refractivity contribution in [3.8, 4) is 16.9 Å². The zero-order valence-electron chi connectivity index (χ0n) is 15.8. The van der Waals surface area contributed by atoms with Crippen LogP contribution in [0.15, 0.2) is 77.2 Å². The van der Waals surface area contributed by atoms with Gasteiger partial charge < -0.3 is 14.3 Å². The highest BCUT2D eigenvalue weighted by Crippen LogP contribution is 2.40. The topological polar surface area (TPSA) is 103 Å². The fourth-order valence-corrected chi connectivity index (χ4v) is 3.28. The van der Waals surface area contributed by atoms with E-state index in [1.54, 1.807) is 48.5 Å². The van der Waals surface area contributed by atoms with Crippen molar-refractivity contribution in [2.75, 3.05) is 0 Å². The third kappa shape index (κ3) is 4.00. The van der Waals surface area contributed by atoms with E-state index < -0.39 is 10.9 Å². The summed E-state index contributed by atoms with van der Waals surface area (Å²) in [4.78, 5) is 21.8. The minimum absolute atomic E-state index is 0.0432. The Bertz CT molecular complexity index is 1210. The molecule has 0 bridgehead atoms. The standard InChI is InChI=1S/C23H17NO6/c25-21(26)13-15-6-9-18(10-7-15)29-14-16-8-11-20-19(12-16)22(23(30-20)24(27)28)17-4-2-1-3-5-17/h1-12H,13-14H2,(H,25,26). The van der Waals surface area contributed by atoms with E-state index in [0.717, 1.165) is 5.56 Å². The lowest BCUT2D eigenvalue weighted by molar-refractivity contribution is -0.400. The van der Waals surface area contributed by atoms with Crippen molar-refractivity contribution in [3.63, 3.8) is 0 Å². The van der Waals surface area contributed by atoms with Gasteiger partial charge >= 0.3 is 11.9 Å². The van der Waals surface area contributed by atoms with Crippen LogP contribution in [0.4, 0.5) is 5.88 Å². The molecule has 7 nitrogen and oxygen atoms in total. The van der Waals surface area contributed by atoms with E-state index in [-0.39, 0.29) is 18.9 Å². The summed E-state index contributed by atoms with van der Waals surface area (Å²) in [5.74, 6) is -0.575. The van der Waals surface area contributed by atoms with Gasteiger partial charge in [0.15, 0.2) is 0 Å². The first-order valence-electron chi connectivity index (χ1n) is 9.20. The smallest absolute Gasteiger partial charge is 0.442 e. The second-order valence-electron chi connectivity index (χ2n) is 6.74. The van der Waals surface area contributed by atoms with Crippen molar-refractivity contribution >= 4 is 22.8 Å². The van der Waals surface area contributed by atoms with E-state index >= 15 is 0 Å². The molecule has 1 aromatic heterocycles. The average Bonchev–Trinajstić information content (AvgIpc) is 3.13. The molecule has 150 valence electrons. The van der Waals surface area contributed by atoms with Gasteiger partial charge in [-0.2, -0.15) is 0 Å². The maximum atomic E-state index is 11.5. The van der Waals surface area contributed by atoms with Crippen molar-refractivity contribution < 1.29 is 24.0 Å². The van der Waals surface area contributed by atoms with E-state index in [9.17, 15) is 14.9 Å². The van der Waals surface area contributed by atoms with E-state index in [1.165, 1.54) is 0 Å². The first kappa shape index (κ1) is 19.2. The molecule has 0 aliphatic rings. The molecule has 0 atom stereocenters. The normalized spacial score (nSPS) is 10.8. The molecule has 4 aromatic rings. The Morgan fingerprint density at radius 3 is 2.37 bits per heavy atom. The van der Waals surface area contributed by atoms with Crippen LogP contribution in [-0.4, -0.2) is 16.0 Å². The van der Waals surface area contributed by atoms with Crippen LogP contribution in [0.25, 0.3) is 22.1 Å². The molecule has 0 radical (unpaired) electrons. The lowest BCUT2D eigenvalue weighted by atomic mass is 10.0. The van der Waals surface area contributed by atoms with Crippen molar-refractivity contribution in [2.24, 2.45) is 0 Å². The second-order valence-corrected chi connectivity index (χ2v) is 6.74. The predicted molar refractivity (Wildman–Crippen MR) is 110 cm³/mol. The highest BCUT2D eigenvalue weighted by atomic mass is 16.6. The lowest BCUT2D eigenvalue weighted by Gasteiger charge is -2.07. The molecule has 7 heteroatoms. The van der Waals surface area contributed by atoms with Crippen molar-refractivity contribution in [1.82, 2.24) is 0 Å². The first-order chi connectivity index (χ1) is 14.5. The van der Waals surface area contributed by atoms with Gasteiger partial charge in [0, 0.05) is 5.39 Å². The predicted octanol–water partition coefficient (Wildman–Crippen LogP) is 5.21. The molecule has 0 aliphatic heterocycles. The number of carboxylic acids is 1. The zero-order chi connectivity index (χ0) is 21.1. The first-order valence-corrected chi connectivity index (χ1v) is 9.20. The molecule has 1 N–H and O–H groups in total. The number of carbonyl (C=O) groups is 1. The van der Waals surface area contributed by atoms with Gasteiger partial charge in [0.1, 0.15) is 28.4 Å². The van der Waals surface area contributed by atoms with Crippen molar-refractivity contribution in [2.45, 2.75) is 13.0 Å². The zero-order valence-corrected chi connectivity index (χ0v) is 15.8. The molecule has 3 aromatic carbocycles. The summed E-state index contributed by atoms with van der Waals surface area (Å²) in [6.45, 7) is 0.251. The Morgan fingerprint density at radius 1 is 1.00 bits per heavy atom. The fraction of sp³-hybridized carbons (Fsp3) is 0.0870. The minimum atomic E-state index is -0.889. The SMILES string of the molecule is O=C(O)Cc1ccc(OCc2ccc3oc([N+](=O)[O-])c(-c4ccccc4)c3c2)cc1. The number of aliphatic carboxylic acids is 1. The summed E-state index contributed by atoms with van der Waals surface area (Å²) >= 11 is 0. The van der Waals surface area contributed by atoms with Crippen LogP contribution in [0.3, 0.4) is 0 Å². The minimum Gasteiger partial charge on any atom is -0.489 e. The van der Waals surface area contributed by atoms with Crippen LogP contribution >= 0.6 is 0 Å². The van der Waals surface area contributed by atoms with Gasteiger partial charge in [0.05, 0.1) is 6.42 Å². The van der Waals surface area contributed by atoms with Crippen LogP contribution in [-0.2, 0) is 17.8 Å². The molecule has 4 rings (SSSR count). The highest BCUT2D eigenvalue weighted by molar-refractivity contribution is 5.98. The number of fused-ring (bicyclic) bond motifs is 1. The van der Waals surface area contributed by atoms with Gasteiger partial charge in [-0.1, -0.05) is 48.5 Å². The maximum Gasteiger partial charge on any atom is 0.442 e. The lowest BCUT2D eigenvalue weighted by Crippen LogP contribution is -2.00. The third-order valence-electron chi connectivity index (χ3n) is 4.65. The van der Waals surface area contributed by atoms with Gasteiger partial charge in [0.2, 0.25) is 0 Å². The number of nitrogens with zero attached hydrogens (tertiary/aromatic N) is 1. The molecule has 0 aliphatic carbocycles. The monoisotopic (exact) mass is 403 g/mol. The molecule has 0 amide bonds. The summed E-state index contributed by atoms with van der Waals surface area (Å²) in [5.41, 5.74) is 3.09. The Balaban J connectivity index is 1.61. The Kier molecular flexibility index (Phi) is 5.17. The quantitative estimate of drug-likeness (QED) is 0.335. The van der Waals surface area contributed by atoms with E-state index in [4.69, 9.17) is 14.3 Å². The van der Waals surface area contributed by atoms with Crippen LogP contribution in [0.5, 0.6) is 5.75 Å². The number of ether oxygens (including phenoxy) is 1. The molecular weight excluding hydrogens is 386 g/mol. The number of hydrogen-bond donors (Lipinski definition) is 1. The molecular formula is C23H17NO6. The largest absolute Gasteiger partial charge is 0.489 e. The number of carboxylic acid groups (broad SMARTS) is 1. The molecule has 30 heavy (non-hydrogen) atoms. The van der Waals surface area contributed by atoms with Crippen molar-refractivity contribution in [1.29, 1.82) is 0 Å². The second kappa shape index (κ2) is 8.08. The number of furan rings is 1. The summed E-state index contributed by atoms with van der Waals surface area (Å²) in [5, 5.41) is 21.0. The third-order valence-corrected chi connectivity index (χ3v) is 4.65. The maximum absolute atomic E-state index is 11.5. The molecule has 0 spiro atoms. The summed E-state index contributed by atoms with van der Waals surface area (Å²) < 4.78 is 11.3. The fourth-order valence-electron chi connectivity index (χ4n) is 3.28. The molecule has 1 heterocycles. The van der Waals surface area contributed by atoms with E-state index in [1.807, 2.05) is 24.3 Å². The van der Waals surface area contributed by atoms with Gasteiger partial charge in [-0.3, -0.25) is 14.9 Å². The summed E-state index contributed by atoms with van der Waals surface area (Å²) in [6, 6.07) is 21.3. The Morgan fingerprint density at radius 2 is 1.70 bits per heavy atom. The Hall–Kier alpha value is -4.13.